The van der Waals surface area contributed by atoms with E-state index in [1.807, 2.05) is 0 Å². The van der Waals surface area contributed by atoms with Gasteiger partial charge in [-0.25, -0.2) is 9.97 Å². The number of rotatable bonds is 11. The molecule has 12 heteroatoms. The number of carbonyl (C=O) groups excluding carboxylic acids is 2. The first-order valence-electron chi connectivity index (χ1n) is 11.0. The molecule has 0 atom stereocenters. The lowest BCUT2D eigenvalue weighted by molar-refractivity contribution is -0.118. The van der Waals surface area contributed by atoms with Crippen LogP contribution in [0.2, 0.25) is 5.15 Å². The van der Waals surface area contributed by atoms with Gasteiger partial charge in [-0.05, 0) is 57.7 Å². The molecule has 1 aliphatic rings. The fraction of sp³-hybridized carbons (Fsp3) is 0.650. The summed E-state index contributed by atoms with van der Waals surface area (Å²) >= 11 is 5.77. The van der Waals surface area contributed by atoms with Crippen LogP contribution in [0.3, 0.4) is 0 Å². The van der Waals surface area contributed by atoms with Crippen molar-refractivity contribution in [3.63, 3.8) is 0 Å². The van der Waals surface area contributed by atoms with Crippen LogP contribution in [0, 0.1) is 11.3 Å². The predicted molar refractivity (Wildman–Crippen MR) is 125 cm³/mol. The number of anilines is 2. The Morgan fingerprint density at radius 1 is 1.09 bits per heavy atom. The van der Waals surface area contributed by atoms with Gasteiger partial charge in [0.1, 0.15) is 0 Å². The molecule has 32 heavy (non-hydrogen) atoms. The van der Waals surface area contributed by atoms with Gasteiger partial charge in [0.15, 0.2) is 28.4 Å². The summed E-state index contributed by atoms with van der Waals surface area (Å²) in [6, 6.07) is 0. The maximum Gasteiger partial charge on any atom is 0.280 e. The molecular formula is C20H34ClN9O2. The Morgan fingerprint density at radius 2 is 1.81 bits per heavy atom. The standard InChI is InChI=1S/C20H34ClN9O2/c21-16-18(24)28-17(23)15(27-16)19(32)29-20(25)26-9-3-1-5-13-7-11-30(12-8-13)10-4-2-6-14(22)31/h13H,1-12H2,(H2,22,31)(H4,23,24,28)(H3,25,26,29,32). The average Bonchev–Trinajstić information content (AvgIpc) is 2.74. The van der Waals surface area contributed by atoms with Gasteiger partial charge in [-0.15, -0.1) is 0 Å². The van der Waals surface area contributed by atoms with Gasteiger partial charge < -0.3 is 27.4 Å². The van der Waals surface area contributed by atoms with Gasteiger partial charge in [-0.3, -0.25) is 20.3 Å². The molecule has 1 aliphatic heterocycles. The Labute approximate surface area is 193 Å². The Bertz CT molecular complexity index is 798. The van der Waals surface area contributed by atoms with Gasteiger partial charge in [-0.2, -0.15) is 0 Å². The molecule has 1 fully saturated rings. The second-order valence-electron chi connectivity index (χ2n) is 8.09. The topological polar surface area (TPSA) is 189 Å². The number of guanidine groups is 1. The number of likely N-dealkylation sites (tertiary alicyclic amines) is 1. The van der Waals surface area contributed by atoms with E-state index in [1.165, 1.54) is 12.8 Å². The first kappa shape index (κ1) is 25.6. The van der Waals surface area contributed by atoms with Gasteiger partial charge in [-0.1, -0.05) is 24.4 Å². The molecule has 1 aromatic heterocycles. The Kier molecular flexibility index (Phi) is 10.4. The van der Waals surface area contributed by atoms with Crippen molar-refractivity contribution in [3.8, 4) is 0 Å². The van der Waals surface area contributed by atoms with Crippen molar-refractivity contribution in [1.29, 1.82) is 5.41 Å². The van der Waals surface area contributed by atoms with Crippen LogP contribution in [0.5, 0.6) is 0 Å². The molecule has 0 saturated carbocycles. The molecule has 1 saturated heterocycles. The van der Waals surface area contributed by atoms with E-state index >= 15 is 0 Å². The number of nitrogen functional groups attached to an aromatic ring is 2. The third-order valence-corrected chi connectivity index (χ3v) is 5.83. The molecule has 2 heterocycles. The van der Waals surface area contributed by atoms with Crippen molar-refractivity contribution in [3.05, 3.63) is 10.8 Å². The van der Waals surface area contributed by atoms with Gasteiger partial charge in [0.25, 0.3) is 5.91 Å². The quantitative estimate of drug-likeness (QED) is 0.158. The van der Waals surface area contributed by atoms with Gasteiger partial charge in [0.2, 0.25) is 5.91 Å². The van der Waals surface area contributed by atoms with Gasteiger partial charge >= 0.3 is 0 Å². The largest absolute Gasteiger partial charge is 0.382 e. The SMILES string of the molecule is N=C(NCCCCC1CCN(CCCCC(N)=O)CC1)NC(=O)c1nc(Cl)c(N)nc1N. The second kappa shape index (κ2) is 13.0. The second-order valence-corrected chi connectivity index (χ2v) is 8.45. The number of hydrogen-bond acceptors (Lipinski definition) is 8. The number of hydrogen-bond donors (Lipinski definition) is 6. The number of nitrogens with two attached hydrogens (primary N) is 3. The molecule has 0 aromatic carbocycles. The van der Waals surface area contributed by atoms with Crippen molar-refractivity contribution < 1.29 is 9.59 Å². The minimum Gasteiger partial charge on any atom is -0.382 e. The maximum atomic E-state index is 12.2. The summed E-state index contributed by atoms with van der Waals surface area (Å²) in [5.41, 5.74) is 16.1. The molecule has 2 rings (SSSR count). The van der Waals surface area contributed by atoms with E-state index in [0.717, 1.165) is 57.7 Å². The van der Waals surface area contributed by atoms with Crippen LogP contribution >= 0.6 is 11.6 Å². The summed E-state index contributed by atoms with van der Waals surface area (Å²) in [6.07, 6.45) is 7.88. The van der Waals surface area contributed by atoms with Gasteiger partial charge in [0.05, 0.1) is 0 Å². The molecule has 0 unspecified atom stereocenters. The summed E-state index contributed by atoms with van der Waals surface area (Å²) in [4.78, 5) is 33.0. The summed E-state index contributed by atoms with van der Waals surface area (Å²) in [5.74, 6) is -0.493. The highest BCUT2D eigenvalue weighted by Crippen LogP contribution is 2.22. The summed E-state index contributed by atoms with van der Waals surface area (Å²) in [5, 5.41) is 13.0. The summed E-state index contributed by atoms with van der Waals surface area (Å²) in [7, 11) is 0. The van der Waals surface area contributed by atoms with E-state index in [4.69, 9.17) is 34.2 Å². The van der Waals surface area contributed by atoms with E-state index in [-0.39, 0.29) is 34.3 Å². The lowest BCUT2D eigenvalue weighted by Gasteiger charge is -2.32. The highest BCUT2D eigenvalue weighted by Gasteiger charge is 2.19. The normalized spacial score (nSPS) is 14.8. The smallest absolute Gasteiger partial charge is 0.280 e. The highest BCUT2D eigenvalue weighted by molar-refractivity contribution is 6.31. The number of unbranched alkanes of at least 4 members (excludes halogenated alkanes) is 2. The van der Waals surface area contributed by atoms with Crippen molar-refractivity contribution in [2.24, 2.45) is 11.7 Å². The third kappa shape index (κ3) is 8.83. The summed E-state index contributed by atoms with van der Waals surface area (Å²) in [6.45, 7) is 3.84. The molecule has 0 radical (unpaired) electrons. The molecule has 11 nitrogen and oxygen atoms in total. The number of primary amides is 1. The van der Waals surface area contributed by atoms with E-state index in [0.29, 0.717) is 13.0 Å². The van der Waals surface area contributed by atoms with Crippen LogP contribution in [0.15, 0.2) is 0 Å². The maximum absolute atomic E-state index is 12.2. The van der Waals surface area contributed by atoms with Gasteiger partial charge in [0, 0.05) is 13.0 Å². The number of piperidine rings is 1. The number of halogens is 1. The molecule has 0 spiro atoms. The molecule has 0 aliphatic carbocycles. The van der Waals surface area contributed by atoms with Crippen LogP contribution in [0.4, 0.5) is 11.6 Å². The zero-order valence-corrected chi connectivity index (χ0v) is 19.1. The van der Waals surface area contributed by atoms with Crippen LogP contribution in [0.25, 0.3) is 0 Å². The van der Waals surface area contributed by atoms with E-state index in [9.17, 15) is 9.59 Å². The number of nitrogens with zero attached hydrogens (tertiary/aromatic N) is 3. The minimum absolute atomic E-state index is 0.0557. The fourth-order valence-electron chi connectivity index (χ4n) is 3.73. The zero-order chi connectivity index (χ0) is 23.5. The van der Waals surface area contributed by atoms with E-state index in [1.54, 1.807) is 0 Å². The molecular weight excluding hydrogens is 434 g/mol. The number of carbonyl (C=O) groups is 2. The van der Waals surface area contributed by atoms with Crippen molar-refractivity contribution in [1.82, 2.24) is 25.5 Å². The molecule has 2 amide bonds. The Morgan fingerprint density at radius 3 is 2.50 bits per heavy atom. The lowest BCUT2D eigenvalue weighted by Crippen LogP contribution is -2.41. The van der Waals surface area contributed by atoms with Crippen LogP contribution < -0.4 is 27.8 Å². The minimum atomic E-state index is -0.671. The molecule has 0 bridgehead atoms. The zero-order valence-electron chi connectivity index (χ0n) is 18.3. The van der Waals surface area contributed by atoms with Crippen LogP contribution in [-0.4, -0.2) is 58.8 Å². The summed E-state index contributed by atoms with van der Waals surface area (Å²) < 4.78 is 0. The average molecular weight is 468 g/mol. The molecule has 9 N–H and O–H groups in total. The van der Waals surface area contributed by atoms with Crippen molar-refractivity contribution >= 4 is 41.0 Å². The first-order valence-corrected chi connectivity index (χ1v) is 11.4. The van der Waals surface area contributed by atoms with Crippen LogP contribution in [0.1, 0.15) is 61.9 Å². The highest BCUT2D eigenvalue weighted by atomic mass is 35.5. The lowest BCUT2D eigenvalue weighted by atomic mass is 9.91. The molecule has 1 aromatic rings. The third-order valence-electron chi connectivity index (χ3n) is 5.55. The Hall–Kier alpha value is -2.66. The molecule has 178 valence electrons. The monoisotopic (exact) mass is 467 g/mol. The van der Waals surface area contributed by atoms with Crippen LogP contribution in [-0.2, 0) is 4.79 Å². The first-order chi connectivity index (χ1) is 15.3. The number of aromatic nitrogens is 2. The number of nitrogens with one attached hydrogen (secondary N) is 3. The Balaban J connectivity index is 1.55. The van der Waals surface area contributed by atoms with Crippen molar-refractivity contribution in [2.75, 3.05) is 37.6 Å². The van der Waals surface area contributed by atoms with E-state index < -0.39 is 5.91 Å². The number of amides is 2. The van der Waals surface area contributed by atoms with E-state index in [2.05, 4.69) is 25.5 Å². The van der Waals surface area contributed by atoms with Crippen molar-refractivity contribution in [2.45, 2.75) is 51.4 Å². The predicted octanol–water partition coefficient (Wildman–Crippen LogP) is 1.09. The fourth-order valence-corrected chi connectivity index (χ4v) is 3.86.